The molecule has 2 fully saturated rings. The van der Waals surface area contributed by atoms with Crippen LogP contribution in [-0.2, 0) is 14.6 Å². The summed E-state index contributed by atoms with van der Waals surface area (Å²) in [5, 5.41) is 4.25. The minimum atomic E-state index is -3.15. The summed E-state index contributed by atoms with van der Waals surface area (Å²) in [6.45, 7) is 1.91. The van der Waals surface area contributed by atoms with Gasteiger partial charge in [0, 0.05) is 0 Å². The van der Waals surface area contributed by atoms with Crippen LogP contribution in [-0.4, -0.2) is 54.8 Å². The first-order valence-electron chi connectivity index (χ1n) is 5.16. The van der Waals surface area contributed by atoms with E-state index >= 15 is 0 Å². The van der Waals surface area contributed by atoms with Gasteiger partial charge in [-0.3, -0.25) is 5.43 Å². The molecule has 2 atom stereocenters. The second-order valence-electron chi connectivity index (χ2n) is 3.90. The zero-order chi connectivity index (χ0) is 12.6. The van der Waals surface area contributed by atoms with E-state index in [1.165, 1.54) is 0 Å². The van der Waals surface area contributed by atoms with Gasteiger partial charge in [-0.05, 0) is 19.1 Å². The summed E-state index contributed by atoms with van der Waals surface area (Å²) in [5.74, 6) is -0.103. The van der Waals surface area contributed by atoms with Crippen LogP contribution in [0.1, 0.15) is 6.92 Å². The molecule has 2 heterocycles. The lowest BCUT2D eigenvalue weighted by molar-refractivity contribution is 0.0708. The molecule has 96 valence electrons. The first kappa shape index (κ1) is 12.4. The lowest BCUT2D eigenvalue weighted by Crippen LogP contribution is -2.67. The van der Waals surface area contributed by atoms with Crippen molar-refractivity contribution in [2.24, 2.45) is 0 Å². The van der Waals surface area contributed by atoms with Crippen LogP contribution in [0.2, 0.25) is 0 Å². The molecule has 0 spiro atoms. The highest BCUT2D eigenvalue weighted by Gasteiger charge is 2.46. The summed E-state index contributed by atoms with van der Waals surface area (Å²) in [6, 6.07) is -0.844. The highest BCUT2D eigenvalue weighted by atomic mass is 32.2. The number of hydrazine groups is 1. The molecule has 0 radical (unpaired) electrons. The molecule has 7 nitrogen and oxygen atoms in total. The van der Waals surface area contributed by atoms with Gasteiger partial charge in [0.15, 0.2) is 14.9 Å². The third-order valence-electron chi connectivity index (χ3n) is 2.66. The van der Waals surface area contributed by atoms with E-state index in [4.69, 9.17) is 17.0 Å². The first-order valence-corrected chi connectivity index (χ1v) is 7.39. The summed E-state index contributed by atoms with van der Waals surface area (Å²) < 4.78 is 27.9. The van der Waals surface area contributed by atoms with E-state index in [0.717, 1.165) is 5.01 Å². The van der Waals surface area contributed by atoms with E-state index in [1.807, 2.05) is 0 Å². The average Bonchev–Trinajstić information content (AvgIpc) is 2.51. The van der Waals surface area contributed by atoms with E-state index in [0.29, 0.717) is 0 Å². The number of sulfone groups is 1. The summed E-state index contributed by atoms with van der Waals surface area (Å²) in [5.41, 5.74) is 2.62. The Morgan fingerprint density at radius 3 is 2.94 bits per heavy atom. The standard InChI is InChI=1S/C8H13N3O4S2/c1-2-15-8(12)11-6-4-17(13,14)3-5(6)9-7(16)10-11/h5-6H,2-4H2,1H3,(H2,9,10,16)/t5-,6-/m1/s1. The Balaban J connectivity index is 2.21. The van der Waals surface area contributed by atoms with Gasteiger partial charge in [0.1, 0.15) is 0 Å². The van der Waals surface area contributed by atoms with Crippen LogP contribution in [0.3, 0.4) is 0 Å². The van der Waals surface area contributed by atoms with Crippen LogP contribution in [0.4, 0.5) is 4.79 Å². The van der Waals surface area contributed by atoms with Gasteiger partial charge < -0.3 is 10.1 Å². The Kier molecular flexibility index (Phi) is 3.13. The SMILES string of the molecule is CCOC(=O)N1NC(=S)N[C@@H]2CS(=O)(=O)C[C@H]21. The van der Waals surface area contributed by atoms with Crippen LogP contribution < -0.4 is 10.7 Å². The highest BCUT2D eigenvalue weighted by molar-refractivity contribution is 7.91. The van der Waals surface area contributed by atoms with Crippen molar-refractivity contribution in [1.29, 1.82) is 0 Å². The minimum Gasteiger partial charge on any atom is -0.448 e. The number of nitrogens with zero attached hydrogens (tertiary/aromatic N) is 1. The Bertz CT molecular complexity index is 450. The predicted octanol–water partition coefficient (Wildman–Crippen LogP) is -0.997. The normalized spacial score (nSPS) is 30.2. The third kappa shape index (κ3) is 2.44. The number of carbonyl (C=O) groups is 1. The van der Waals surface area contributed by atoms with Crippen LogP contribution >= 0.6 is 12.2 Å². The van der Waals surface area contributed by atoms with Crippen LogP contribution in [0.15, 0.2) is 0 Å². The van der Waals surface area contributed by atoms with Crippen molar-refractivity contribution in [1.82, 2.24) is 15.8 Å². The van der Waals surface area contributed by atoms with Crippen LogP contribution in [0, 0.1) is 0 Å². The number of carbonyl (C=O) groups excluding carboxylic acids is 1. The van der Waals surface area contributed by atoms with Crippen molar-refractivity contribution < 1.29 is 17.9 Å². The van der Waals surface area contributed by atoms with Gasteiger partial charge in [0.05, 0.1) is 30.2 Å². The fraction of sp³-hybridized carbons (Fsp3) is 0.750. The smallest absolute Gasteiger partial charge is 0.429 e. The van der Waals surface area contributed by atoms with Crippen LogP contribution in [0.5, 0.6) is 0 Å². The molecule has 2 aliphatic rings. The summed E-state index contributed by atoms with van der Waals surface area (Å²) in [6.07, 6.45) is -0.608. The molecular formula is C8H13N3O4S2. The minimum absolute atomic E-state index is 0.0185. The molecule has 0 saturated carbocycles. The molecular weight excluding hydrogens is 266 g/mol. The first-order chi connectivity index (χ1) is 7.93. The lowest BCUT2D eigenvalue weighted by Gasteiger charge is -2.37. The van der Waals surface area contributed by atoms with E-state index < -0.39 is 22.0 Å². The molecule has 1 amide bonds. The van der Waals surface area contributed by atoms with E-state index in [1.54, 1.807) is 6.92 Å². The maximum Gasteiger partial charge on any atom is 0.429 e. The molecule has 2 saturated heterocycles. The third-order valence-corrected chi connectivity index (χ3v) is 4.58. The van der Waals surface area contributed by atoms with E-state index in [-0.39, 0.29) is 29.3 Å². The zero-order valence-electron chi connectivity index (χ0n) is 9.17. The van der Waals surface area contributed by atoms with Gasteiger partial charge in [0.2, 0.25) is 0 Å². The molecule has 0 aromatic heterocycles. The molecule has 0 aromatic carbocycles. The van der Waals surface area contributed by atoms with Gasteiger partial charge in [-0.15, -0.1) is 0 Å². The molecule has 2 aliphatic heterocycles. The lowest BCUT2D eigenvalue weighted by atomic mass is 10.1. The maximum absolute atomic E-state index is 11.7. The monoisotopic (exact) mass is 279 g/mol. The Morgan fingerprint density at radius 1 is 1.59 bits per heavy atom. The molecule has 2 rings (SSSR count). The molecule has 2 N–H and O–H groups in total. The quantitative estimate of drug-likeness (QED) is 0.595. The maximum atomic E-state index is 11.7. The second kappa shape index (κ2) is 4.30. The van der Waals surface area contributed by atoms with E-state index in [9.17, 15) is 13.2 Å². The number of ether oxygens (including phenoxy) is 1. The Hall–Kier alpha value is -1.09. The van der Waals surface area contributed by atoms with Crippen molar-refractivity contribution >= 4 is 33.3 Å². The number of fused-ring (bicyclic) bond motifs is 1. The number of rotatable bonds is 1. The predicted molar refractivity (Wildman–Crippen MR) is 64.0 cm³/mol. The van der Waals surface area contributed by atoms with Gasteiger partial charge in [-0.2, -0.15) is 0 Å². The fourth-order valence-corrected chi connectivity index (χ4v) is 4.13. The highest BCUT2D eigenvalue weighted by Crippen LogP contribution is 2.20. The van der Waals surface area contributed by atoms with Crippen molar-refractivity contribution in [2.75, 3.05) is 18.1 Å². The van der Waals surface area contributed by atoms with Crippen molar-refractivity contribution in [3.8, 4) is 0 Å². The fourth-order valence-electron chi connectivity index (χ4n) is 1.99. The van der Waals surface area contributed by atoms with Crippen LogP contribution in [0.25, 0.3) is 0 Å². The number of thiocarbonyl (C=S) groups is 1. The molecule has 0 bridgehead atoms. The van der Waals surface area contributed by atoms with Gasteiger partial charge in [0.25, 0.3) is 0 Å². The number of hydrogen-bond acceptors (Lipinski definition) is 5. The Morgan fingerprint density at radius 2 is 2.29 bits per heavy atom. The molecule has 0 aliphatic carbocycles. The zero-order valence-corrected chi connectivity index (χ0v) is 10.8. The van der Waals surface area contributed by atoms with E-state index in [2.05, 4.69) is 10.7 Å². The number of hydrogen-bond donors (Lipinski definition) is 2. The largest absolute Gasteiger partial charge is 0.448 e. The molecule has 0 aromatic rings. The molecule has 0 unspecified atom stereocenters. The topological polar surface area (TPSA) is 87.7 Å². The summed E-state index contributed by atoms with van der Waals surface area (Å²) in [4.78, 5) is 11.7. The van der Waals surface area contributed by atoms with Gasteiger partial charge >= 0.3 is 6.09 Å². The summed E-state index contributed by atoms with van der Waals surface area (Å²) in [7, 11) is -3.15. The van der Waals surface area contributed by atoms with Gasteiger partial charge in [-0.25, -0.2) is 18.2 Å². The van der Waals surface area contributed by atoms with Crippen molar-refractivity contribution in [2.45, 2.75) is 19.0 Å². The number of nitrogens with one attached hydrogen (secondary N) is 2. The Labute approximate surface area is 104 Å². The van der Waals surface area contributed by atoms with Crippen molar-refractivity contribution in [3.05, 3.63) is 0 Å². The van der Waals surface area contributed by atoms with Crippen molar-refractivity contribution in [3.63, 3.8) is 0 Å². The molecule has 17 heavy (non-hydrogen) atoms. The number of amides is 1. The summed E-state index contributed by atoms with van der Waals surface area (Å²) >= 11 is 4.92. The average molecular weight is 279 g/mol. The molecule has 9 heteroatoms. The second-order valence-corrected chi connectivity index (χ2v) is 6.47. The van der Waals surface area contributed by atoms with Gasteiger partial charge in [-0.1, -0.05) is 0 Å².